The summed E-state index contributed by atoms with van der Waals surface area (Å²) in [5.41, 5.74) is 5.18. The number of hydrogen-bond donors (Lipinski definition) is 0. The Morgan fingerprint density at radius 1 is 0.941 bits per heavy atom. The van der Waals surface area contributed by atoms with Crippen LogP contribution in [-0.4, -0.2) is 12.2 Å². The zero-order valence-corrected chi connectivity index (χ0v) is 10.2. The minimum absolute atomic E-state index is 0.319. The summed E-state index contributed by atoms with van der Waals surface area (Å²) in [5.74, 6) is 0. The van der Waals surface area contributed by atoms with Crippen molar-refractivity contribution in [2.75, 3.05) is 0 Å². The van der Waals surface area contributed by atoms with Crippen LogP contribution in [0.5, 0.6) is 0 Å². The maximum Gasteiger partial charge on any atom is 0.235 e. The van der Waals surface area contributed by atoms with Crippen molar-refractivity contribution in [1.29, 1.82) is 0 Å². The highest BCUT2D eigenvalue weighted by molar-refractivity contribution is 5.46. The lowest BCUT2D eigenvalue weighted by molar-refractivity contribution is 0.562. The standard InChI is InChI=1S/C13H14N2O2/c1-9-4-10(2)13(6-15-8-17)11(3)12(9)5-14-7-16/h4H,5-6H2,1-3H3. The first kappa shape index (κ1) is 13.0. The molecule has 17 heavy (non-hydrogen) atoms. The topological polar surface area (TPSA) is 58.9 Å². The predicted molar refractivity (Wildman–Crippen MR) is 64.3 cm³/mol. The molecule has 0 unspecified atom stereocenters. The van der Waals surface area contributed by atoms with Crippen LogP contribution >= 0.6 is 0 Å². The molecule has 1 aromatic rings. The van der Waals surface area contributed by atoms with Crippen LogP contribution < -0.4 is 0 Å². The first-order valence-electron chi connectivity index (χ1n) is 5.27. The average molecular weight is 230 g/mol. The van der Waals surface area contributed by atoms with Gasteiger partial charge in [0, 0.05) is 0 Å². The van der Waals surface area contributed by atoms with Gasteiger partial charge in [-0.05, 0) is 48.6 Å². The fourth-order valence-corrected chi connectivity index (χ4v) is 1.98. The van der Waals surface area contributed by atoms with Crippen LogP contribution in [0.1, 0.15) is 27.8 Å². The molecule has 0 aliphatic carbocycles. The van der Waals surface area contributed by atoms with Gasteiger partial charge in [0.25, 0.3) is 0 Å². The van der Waals surface area contributed by atoms with E-state index in [9.17, 15) is 9.59 Å². The largest absolute Gasteiger partial charge is 0.235 e. The van der Waals surface area contributed by atoms with E-state index >= 15 is 0 Å². The number of benzene rings is 1. The molecule has 0 heterocycles. The van der Waals surface area contributed by atoms with Crippen LogP contribution in [0.3, 0.4) is 0 Å². The van der Waals surface area contributed by atoms with Crippen molar-refractivity contribution < 1.29 is 9.59 Å². The monoisotopic (exact) mass is 230 g/mol. The summed E-state index contributed by atoms with van der Waals surface area (Å²) in [5, 5.41) is 0. The van der Waals surface area contributed by atoms with Gasteiger partial charge in [0.1, 0.15) is 0 Å². The molecule has 4 nitrogen and oxygen atoms in total. The number of carbonyl (C=O) groups excluding carboxylic acids is 2. The number of nitrogens with zero attached hydrogens (tertiary/aromatic N) is 2. The van der Waals surface area contributed by atoms with E-state index in [4.69, 9.17) is 0 Å². The molecule has 0 radical (unpaired) electrons. The van der Waals surface area contributed by atoms with E-state index in [1.165, 1.54) is 12.2 Å². The molecule has 0 bridgehead atoms. The fourth-order valence-electron chi connectivity index (χ4n) is 1.98. The SMILES string of the molecule is Cc1cc(C)c(CN=C=O)c(C)c1CN=C=O. The Balaban J connectivity index is 3.30. The van der Waals surface area contributed by atoms with E-state index in [0.717, 1.165) is 27.8 Å². The minimum atomic E-state index is 0.319. The number of hydrogen-bond acceptors (Lipinski definition) is 4. The summed E-state index contributed by atoms with van der Waals surface area (Å²) in [7, 11) is 0. The van der Waals surface area contributed by atoms with E-state index in [1.54, 1.807) is 0 Å². The van der Waals surface area contributed by atoms with Gasteiger partial charge in [-0.25, -0.2) is 19.6 Å². The Labute approximate surface area is 100 Å². The van der Waals surface area contributed by atoms with Crippen LogP contribution in [0.4, 0.5) is 0 Å². The van der Waals surface area contributed by atoms with Gasteiger partial charge in [-0.1, -0.05) is 6.07 Å². The van der Waals surface area contributed by atoms with Gasteiger partial charge in [0.15, 0.2) is 0 Å². The minimum Gasteiger partial charge on any atom is -0.211 e. The molecular weight excluding hydrogens is 216 g/mol. The van der Waals surface area contributed by atoms with Gasteiger partial charge >= 0.3 is 0 Å². The third-order valence-electron chi connectivity index (χ3n) is 2.89. The second-order valence-electron chi connectivity index (χ2n) is 3.91. The van der Waals surface area contributed by atoms with E-state index < -0.39 is 0 Å². The smallest absolute Gasteiger partial charge is 0.211 e. The summed E-state index contributed by atoms with van der Waals surface area (Å²) in [6, 6.07) is 2.01. The molecule has 1 aromatic carbocycles. The first-order valence-corrected chi connectivity index (χ1v) is 5.27. The Morgan fingerprint density at radius 2 is 1.35 bits per heavy atom. The number of isocyanates is 2. The van der Waals surface area contributed by atoms with Crippen LogP contribution in [0.2, 0.25) is 0 Å². The van der Waals surface area contributed by atoms with Crippen molar-refractivity contribution in [3.8, 4) is 0 Å². The lowest BCUT2D eigenvalue weighted by Crippen LogP contribution is -2.01. The molecular formula is C13H14N2O2. The van der Waals surface area contributed by atoms with Crippen molar-refractivity contribution in [3.05, 3.63) is 33.9 Å². The van der Waals surface area contributed by atoms with Crippen molar-refractivity contribution in [2.45, 2.75) is 33.9 Å². The number of aryl methyl sites for hydroxylation is 2. The second kappa shape index (κ2) is 5.90. The fraction of sp³-hybridized carbons (Fsp3) is 0.385. The number of aliphatic imine (C=N–C) groups is 2. The van der Waals surface area contributed by atoms with E-state index in [-0.39, 0.29) is 0 Å². The first-order chi connectivity index (χ1) is 8.11. The molecule has 0 aliphatic rings. The molecule has 4 heteroatoms. The lowest BCUT2D eigenvalue weighted by Gasteiger charge is -2.14. The van der Waals surface area contributed by atoms with Gasteiger partial charge in [-0.3, -0.25) is 0 Å². The third-order valence-corrected chi connectivity index (χ3v) is 2.89. The van der Waals surface area contributed by atoms with Crippen LogP contribution in [-0.2, 0) is 22.7 Å². The second-order valence-corrected chi connectivity index (χ2v) is 3.91. The Kier molecular flexibility index (Phi) is 4.53. The van der Waals surface area contributed by atoms with E-state index in [0.29, 0.717) is 13.1 Å². The van der Waals surface area contributed by atoms with Crippen LogP contribution in [0.25, 0.3) is 0 Å². The normalized spacial score (nSPS) is 9.35. The van der Waals surface area contributed by atoms with E-state index in [1.807, 2.05) is 26.8 Å². The van der Waals surface area contributed by atoms with Crippen LogP contribution in [0, 0.1) is 20.8 Å². The average Bonchev–Trinajstić information content (AvgIpc) is 2.28. The van der Waals surface area contributed by atoms with Gasteiger partial charge < -0.3 is 0 Å². The zero-order valence-electron chi connectivity index (χ0n) is 10.2. The molecule has 0 atom stereocenters. The number of rotatable bonds is 4. The third kappa shape index (κ3) is 2.97. The highest BCUT2D eigenvalue weighted by atomic mass is 16.1. The Bertz CT molecular complexity index is 478. The summed E-state index contributed by atoms with van der Waals surface area (Å²) in [6.45, 7) is 6.54. The quantitative estimate of drug-likeness (QED) is 0.588. The molecule has 0 saturated carbocycles. The Morgan fingerprint density at radius 3 is 1.71 bits per heavy atom. The van der Waals surface area contributed by atoms with Gasteiger partial charge in [0.2, 0.25) is 12.2 Å². The molecule has 1 rings (SSSR count). The van der Waals surface area contributed by atoms with Gasteiger partial charge in [-0.2, -0.15) is 0 Å². The molecule has 88 valence electrons. The maximum absolute atomic E-state index is 10.2. The molecule has 0 spiro atoms. The van der Waals surface area contributed by atoms with Gasteiger partial charge in [-0.15, -0.1) is 0 Å². The van der Waals surface area contributed by atoms with Gasteiger partial charge in [0.05, 0.1) is 13.1 Å². The molecule has 0 aromatic heterocycles. The molecule has 0 amide bonds. The summed E-state index contributed by atoms with van der Waals surface area (Å²) in [6.07, 6.45) is 3.07. The predicted octanol–water partition coefficient (Wildman–Crippen LogP) is 2.28. The molecule has 0 fully saturated rings. The van der Waals surface area contributed by atoms with Crippen molar-refractivity contribution in [2.24, 2.45) is 9.98 Å². The zero-order chi connectivity index (χ0) is 12.8. The highest BCUT2D eigenvalue weighted by Gasteiger charge is 2.10. The van der Waals surface area contributed by atoms with Crippen molar-refractivity contribution in [1.82, 2.24) is 0 Å². The van der Waals surface area contributed by atoms with Crippen molar-refractivity contribution in [3.63, 3.8) is 0 Å². The summed E-state index contributed by atoms with van der Waals surface area (Å²) in [4.78, 5) is 27.5. The lowest BCUT2D eigenvalue weighted by atomic mass is 9.93. The molecule has 0 saturated heterocycles. The van der Waals surface area contributed by atoms with Crippen LogP contribution in [0.15, 0.2) is 16.1 Å². The molecule has 0 aliphatic heterocycles. The van der Waals surface area contributed by atoms with E-state index in [2.05, 4.69) is 9.98 Å². The van der Waals surface area contributed by atoms with Crippen molar-refractivity contribution >= 4 is 12.2 Å². The highest BCUT2D eigenvalue weighted by Crippen LogP contribution is 2.23. The molecule has 0 N–H and O–H groups in total. The summed E-state index contributed by atoms with van der Waals surface area (Å²) >= 11 is 0. The maximum atomic E-state index is 10.2. The Hall–Kier alpha value is -2.02. The summed E-state index contributed by atoms with van der Waals surface area (Å²) < 4.78 is 0.